The van der Waals surface area contributed by atoms with Crippen LogP contribution < -0.4 is 0 Å². The highest BCUT2D eigenvalue weighted by atomic mass is 35.5. The lowest BCUT2D eigenvalue weighted by atomic mass is 10.0. The second-order valence-electron chi connectivity index (χ2n) is 5.12. The Labute approximate surface area is 126 Å². The van der Waals surface area contributed by atoms with Gasteiger partial charge in [0.25, 0.3) is 0 Å². The van der Waals surface area contributed by atoms with Crippen molar-refractivity contribution >= 4 is 27.2 Å². The molecule has 7 heteroatoms. The molecule has 1 aromatic carbocycles. The van der Waals surface area contributed by atoms with Crippen molar-refractivity contribution < 1.29 is 17.7 Å². The van der Waals surface area contributed by atoms with E-state index in [0.717, 1.165) is 19.1 Å². The van der Waals surface area contributed by atoms with Crippen LogP contribution in [-0.4, -0.2) is 25.6 Å². The average molecular weight is 326 g/mol. The molecule has 1 saturated carbocycles. The normalized spacial score (nSPS) is 15.1. The molecule has 3 rings (SSSR count). The lowest BCUT2D eigenvalue weighted by Gasteiger charge is -2.07. The zero-order valence-electron chi connectivity index (χ0n) is 11.2. The lowest BCUT2D eigenvalue weighted by molar-refractivity contribution is 0.103. The summed E-state index contributed by atoms with van der Waals surface area (Å²) in [4.78, 5) is 12.6. The van der Waals surface area contributed by atoms with E-state index in [9.17, 15) is 13.2 Å². The number of carbonyl (C=O) groups excluding carboxylic acids is 1. The molecule has 5 nitrogen and oxygen atoms in total. The molecule has 1 fully saturated rings. The molecule has 0 N–H and O–H groups in total. The van der Waals surface area contributed by atoms with Gasteiger partial charge in [-0.1, -0.05) is 16.8 Å². The highest BCUT2D eigenvalue weighted by molar-refractivity contribution is 7.90. The largest absolute Gasteiger partial charge is 0.360 e. The van der Waals surface area contributed by atoms with Crippen LogP contribution in [0.25, 0.3) is 0 Å². The second-order valence-corrected chi connectivity index (χ2v) is 7.54. The molecule has 21 heavy (non-hydrogen) atoms. The molecule has 0 unspecified atom stereocenters. The predicted molar refractivity (Wildman–Crippen MR) is 76.5 cm³/mol. The summed E-state index contributed by atoms with van der Waals surface area (Å²) in [6.45, 7) is 0. The molecular formula is C14H12ClNO4S. The SMILES string of the molecule is CS(=O)(=O)c1cc(Cl)ccc1C(=O)c1cnoc1C1CC1. The highest BCUT2D eigenvalue weighted by Gasteiger charge is 2.33. The van der Waals surface area contributed by atoms with Crippen molar-refractivity contribution in [2.24, 2.45) is 0 Å². The van der Waals surface area contributed by atoms with Crippen LogP contribution in [0.4, 0.5) is 0 Å². The minimum absolute atomic E-state index is 0.0806. The first-order valence-corrected chi connectivity index (χ1v) is 8.63. The number of aromatic nitrogens is 1. The summed E-state index contributed by atoms with van der Waals surface area (Å²) >= 11 is 5.84. The van der Waals surface area contributed by atoms with Gasteiger partial charge in [0.15, 0.2) is 21.4 Å². The number of rotatable bonds is 4. The Hall–Kier alpha value is -1.66. The summed E-state index contributed by atoms with van der Waals surface area (Å²) in [5.74, 6) is 0.338. The maximum atomic E-state index is 12.6. The fourth-order valence-electron chi connectivity index (χ4n) is 2.19. The van der Waals surface area contributed by atoms with Crippen molar-refractivity contribution in [3.8, 4) is 0 Å². The third-order valence-electron chi connectivity index (χ3n) is 3.38. The molecule has 0 atom stereocenters. The quantitative estimate of drug-likeness (QED) is 0.808. The maximum Gasteiger partial charge on any atom is 0.199 e. The Morgan fingerprint density at radius 1 is 1.33 bits per heavy atom. The van der Waals surface area contributed by atoms with E-state index in [1.165, 1.54) is 24.4 Å². The number of hydrogen-bond acceptors (Lipinski definition) is 5. The third-order valence-corrected chi connectivity index (χ3v) is 4.75. The van der Waals surface area contributed by atoms with Gasteiger partial charge >= 0.3 is 0 Å². The fourth-order valence-corrected chi connectivity index (χ4v) is 3.33. The van der Waals surface area contributed by atoms with Gasteiger partial charge in [-0.2, -0.15) is 0 Å². The molecule has 1 heterocycles. The molecule has 1 aliphatic carbocycles. The molecule has 1 aliphatic rings. The number of halogens is 1. The number of carbonyl (C=O) groups is 1. The van der Waals surface area contributed by atoms with Gasteiger partial charge in [-0.15, -0.1) is 0 Å². The summed E-state index contributed by atoms with van der Waals surface area (Å²) in [6.07, 6.45) is 4.30. The standard InChI is InChI=1S/C14H12ClNO4S/c1-21(18,19)12-6-9(15)4-5-10(12)13(17)11-7-16-20-14(11)8-2-3-8/h4-8H,2-3H2,1H3. The average Bonchev–Trinajstić information content (AvgIpc) is 3.14. The van der Waals surface area contributed by atoms with Crippen molar-refractivity contribution in [1.29, 1.82) is 0 Å². The molecule has 110 valence electrons. The monoisotopic (exact) mass is 325 g/mol. The lowest BCUT2D eigenvalue weighted by Crippen LogP contribution is -2.10. The summed E-state index contributed by atoms with van der Waals surface area (Å²) in [7, 11) is -3.57. The Morgan fingerprint density at radius 2 is 2.05 bits per heavy atom. The van der Waals surface area contributed by atoms with Crippen LogP contribution in [0.1, 0.15) is 40.4 Å². The van der Waals surface area contributed by atoms with Crippen LogP contribution in [0.3, 0.4) is 0 Å². The number of sulfone groups is 1. The molecule has 0 amide bonds. The van der Waals surface area contributed by atoms with Crippen LogP contribution >= 0.6 is 11.6 Å². The van der Waals surface area contributed by atoms with E-state index >= 15 is 0 Å². The first-order valence-electron chi connectivity index (χ1n) is 6.37. The van der Waals surface area contributed by atoms with Crippen molar-refractivity contribution in [3.05, 3.63) is 46.3 Å². The number of ketones is 1. The highest BCUT2D eigenvalue weighted by Crippen LogP contribution is 2.42. The minimum Gasteiger partial charge on any atom is -0.360 e. The van der Waals surface area contributed by atoms with Crippen molar-refractivity contribution in [3.63, 3.8) is 0 Å². The minimum atomic E-state index is -3.57. The van der Waals surface area contributed by atoms with Gasteiger partial charge < -0.3 is 4.52 Å². The Morgan fingerprint density at radius 3 is 2.67 bits per heavy atom. The van der Waals surface area contributed by atoms with Gasteiger partial charge in [0.2, 0.25) is 0 Å². The molecule has 0 bridgehead atoms. The van der Waals surface area contributed by atoms with Crippen molar-refractivity contribution in [2.45, 2.75) is 23.7 Å². The van der Waals surface area contributed by atoms with Crippen LogP contribution in [0.5, 0.6) is 0 Å². The Kier molecular flexibility index (Phi) is 3.37. The van der Waals surface area contributed by atoms with E-state index in [1.54, 1.807) is 0 Å². The van der Waals surface area contributed by atoms with Crippen LogP contribution in [0.15, 0.2) is 33.8 Å². The van der Waals surface area contributed by atoms with Crippen LogP contribution in [-0.2, 0) is 9.84 Å². The zero-order chi connectivity index (χ0) is 15.2. The van der Waals surface area contributed by atoms with Gasteiger partial charge in [-0.05, 0) is 31.0 Å². The van der Waals surface area contributed by atoms with Crippen molar-refractivity contribution in [2.75, 3.05) is 6.26 Å². The first kappa shape index (κ1) is 14.3. The smallest absolute Gasteiger partial charge is 0.199 e. The number of hydrogen-bond donors (Lipinski definition) is 0. The van der Waals surface area contributed by atoms with E-state index in [0.29, 0.717) is 11.3 Å². The van der Waals surface area contributed by atoms with Gasteiger partial charge in [0.05, 0.1) is 16.7 Å². The van der Waals surface area contributed by atoms with E-state index in [-0.39, 0.29) is 21.4 Å². The summed E-state index contributed by atoms with van der Waals surface area (Å²) in [6, 6.07) is 4.20. The topological polar surface area (TPSA) is 77.2 Å². The molecule has 0 radical (unpaired) electrons. The van der Waals surface area contributed by atoms with Crippen LogP contribution in [0, 0.1) is 0 Å². The van der Waals surface area contributed by atoms with Gasteiger partial charge in [0, 0.05) is 22.8 Å². The first-order chi connectivity index (χ1) is 9.88. The maximum absolute atomic E-state index is 12.6. The van der Waals surface area contributed by atoms with Crippen LogP contribution in [0.2, 0.25) is 5.02 Å². The number of nitrogens with zero attached hydrogens (tertiary/aromatic N) is 1. The Balaban J connectivity index is 2.12. The van der Waals surface area contributed by atoms with E-state index in [2.05, 4.69) is 5.16 Å². The van der Waals surface area contributed by atoms with Crippen molar-refractivity contribution in [1.82, 2.24) is 5.16 Å². The zero-order valence-corrected chi connectivity index (χ0v) is 12.7. The van der Waals surface area contributed by atoms with Gasteiger partial charge in [-0.25, -0.2) is 8.42 Å². The molecule has 0 spiro atoms. The molecule has 0 aliphatic heterocycles. The second kappa shape index (κ2) is 4.96. The van der Waals surface area contributed by atoms with E-state index in [4.69, 9.17) is 16.1 Å². The van der Waals surface area contributed by atoms with Gasteiger partial charge in [0.1, 0.15) is 0 Å². The summed E-state index contributed by atoms with van der Waals surface area (Å²) < 4.78 is 28.9. The fraction of sp³-hybridized carbons (Fsp3) is 0.286. The van der Waals surface area contributed by atoms with Gasteiger partial charge in [-0.3, -0.25) is 4.79 Å². The molecular weight excluding hydrogens is 314 g/mol. The Bertz CT molecular complexity index is 821. The molecule has 1 aromatic heterocycles. The molecule has 0 saturated heterocycles. The summed E-state index contributed by atoms with van der Waals surface area (Å²) in [5.41, 5.74) is 0.414. The molecule has 2 aromatic rings. The summed E-state index contributed by atoms with van der Waals surface area (Å²) in [5, 5.41) is 3.93. The predicted octanol–water partition coefficient (Wildman–Crippen LogP) is 2.84. The van der Waals surface area contributed by atoms with E-state index in [1.807, 2.05) is 0 Å². The third kappa shape index (κ3) is 2.73. The number of benzene rings is 1. The van der Waals surface area contributed by atoms with E-state index < -0.39 is 15.6 Å².